The summed E-state index contributed by atoms with van der Waals surface area (Å²) in [6.45, 7) is 0. The Labute approximate surface area is 172 Å². The molecule has 0 spiro atoms. The van der Waals surface area contributed by atoms with Gasteiger partial charge in [0, 0.05) is 17.2 Å². The number of para-hydroxylation sites is 1. The SMILES string of the molecule is O=C(Nc1ccccc1Cl)c1ccc(NC(=O)[C@@H]2[C@@H]3C[C@@H]4[C@@H]2C(=O)O[C@@H]4C3)cc1. The van der Waals surface area contributed by atoms with Gasteiger partial charge in [0.2, 0.25) is 5.91 Å². The number of carbonyl (C=O) groups excluding carboxylic acids is 3. The Morgan fingerprint density at radius 2 is 1.76 bits per heavy atom. The number of anilines is 2. The van der Waals surface area contributed by atoms with Crippen molar-refractivity contribution >= 4 is 40.8 Å². The molecule has 2 saturated carbocycles. The standard InChI is InChI=1S/C22H19ClN2O4/c23-15-3-1-2-4-16(15)25-20(26)11-5-7-13(8-6-11)24-21(27)18-12-9-14-17(10-12)29-22(28)19(14)18/h1-8,12,14,17-19H,9-10H2,(H,24,27)(H,25,26)/t12-,14+,17-,18-,19+/m1/s1. The number of hydrogen-bond acceptors (Lipinski definition) is 4. The van der Waals surface area contributed by atoms with E-state index in [0.717, 1.165) is 12.8 Å². The van der Waals surface area contributed by atoms with Crippen LogP contribution in [0, 0.1) is 23.7 Å². The first-order valence-electron chi connectivity index (χ1n) is 9.68. The number of carbonyl (C=O) groups is 3. The van der Waals surface area contributed by atoms with Crippen molar-refractivity contribution in [1.82, 2.24) is 0 Å². The van der Waals surface area contributed by atoms with E-state index < -0.39 is 0 Å². The maximum Gasteiger partial charge on any atom is 0.310 e. The van der Waals surface area contributed by atoms with E-state index >= 15 is 0 Å². The second-order valence-electron chi connectivity index (χ2n) is 7.92. The summed E-state index contributed by atoms with van der Waals surface area (Å²) < 4.78 is 5.40. The van der Waals surface area contributed by atoms with Crippen LogP contribution in [-0.2, 0) is 14.3 Å². The smallest absolute Gasteiger partial charge is 0.310 e. The van der Waals surface area contributed by atoms with Crippen molar-refractivity contribution in [2.24, 2.45) is 23.7 Å². The van der Waals surface area contributed by atoms with Gasteiger partial charge in [0.1, 0.15) is 6.10 Å². The second kappa shape index (κ2) is 6.88. The van der Waals surface area contributed by atoms with Crippen molar-refractivity contribution in [3.8, 4) is 0 Å². The zero-order valence-electron chi connectivity index (χ0n) is 15.4. The minimum absolute atomic E-state index is 0.0115. The fourth-order valence-electron chi connectivity index (χ4n) is 5.05. The van der Waals surface area contributed by atoms with Gasteiger partial charge >= 0.3 is 5.97 Å². The van der Waals surface area contributed by atoms with E-state index in [1.165, 1.54) is 0 Å². The van der Waals surface area contributed by atoms with Crippen LogP contribution in [-0.4, -0.2) is 23.9 Å². The second-order valence-corrected chi connectivity index (χ2v) is 8.33. The van der Waals surface area contributed by atoms with Gasteiger partial charge in [-0.2, -0.15) is 0 Å². The van der Waals surface area contributed by atoms with Crippen molar-refractivity contribution in [1.29, 1.82) is 0 Å². The Kier molecular flexibility index (Phi) is 4.32. The first-order chi connectivity index (χ1) is 14.0. The number of fused-ring (bicyclic) bond motifs is 1. The molecule has 2 amide bonds. The molecule has 148 valence electrons. The predicted octanol–water partition coefficient (Wildman–Crippen LogP) is 3.73. The van der Waals surface area contributed by atoms with Gasteiger partial charge in [-0.15, -0.1) is 0 Å². The molecule has 2 aromatic rings. The van der Waals surface area contributed by atoms with Crippen LogP contribution in [0.1, 0.15) is 23.2 Å². The molecule has 5 rings (SSSR count). The molecule has 29 heavy (non-hydrogen) atoms. The number of benzene rings is 2. The lowest BCUT2D eigenvalue weighted by atomic mass is 9.79. The molecule has 0 unspecified atom stereocenters. The molecular weight excluding hydrogens is 392 g/mol. The van der Waals surface area contributed by atoms with Crippen LogP contribution in [0.5, 0.6) is 0 Å². The molecule has 1 aliphatic heterocycles. The van der Waals surface area contributed by atoms with E-state index in [-0.39, 0.29) is 47.6 Å². The van der Waals surface area contributed by atoms with Crippen molar-refractivity contribution in [3.63, 3.8) is 0 Å². The molecule has 3 aliphatic rings. The van der Waals surface area contributed by atoms with E-state index in [2.05, 4.69) is 10.6 Å². The maximum absolute atomic E-state index is 12.8. The third-order valence-corrected chi connectivity index (χ3v) is 6.65. The van der Waals surface area contributed by atoms with Crippen molar-refractivity contribution in [2.45, 2.75) is 18.9 Å². The summed E-state index contributed by atoms with van der Waals surface area (Å²) in [4.78, 5) is 37.3. The topological polar surface area (TPSA) is 84.5 Å². The van der Waals surface area contributed by atoms with Gasteiger partial charge in [0.05, 0.1) is 22.5 Å². The molecule has 1 saturated heterocycles. The van der Waals surface area contributed by atoms with E-state index in [0.29, 0.717) is 22.0 Å². The zero-order chi connectivity index (χ0) is 20.1. The van der Waals surface area contributed by atoms with Gasteiger partial charge < -0.3 is 15.4 Å². The molecule has 3 fully saturated rings. The van der Waals surface area contributed by atoms with Crippen LogP contribution in [0.25, 0.3) is 0 Å². The summed E-state index contributed by atoms with van der Waals surface area (Å²) in [5.41, 5.74) is 1.58. The molecule has 6 nitrogen and oxygen atoms in total. The van der Waals surface area contributed by atoms with Gasteiger partial charge in [-0.3, -0.25) is 14.4 Å². The van der Waals surface area contributed by atoms with Crippen molar-refractivity contribution < 1.29 is 19.1 Å². The lowest BCUT2D eigenvalue weighted by Crippen LogP contribution is -2.35. The average Bonchev–Trinajstić information content (AvgIpc) is 3.33. The Morgan fingerprint density at radius 1 is 1.00 bits per heavy atom. The lowest BCUT2D eigenvalue weighted by molar-refractivity contribution is -0.145. The Hall–Kier alpha value is -2.86. The number of esters is 1. The quantitative estimate of drug-likeness (QED) is 0.752. The first kappa shape index (κ1) is 18.2. The molecular formula is C22H19ClN2O4. The van der Waals surface area contributed by atoms with Crippen LogP contribution in [0.15, 0.2) is 48.5 Å². The van der Waals surface area contributed by atoms with E-state index in [9.17, 15) is 14.4 Å². The number of amides is 2. The zero-order valence-corrected chi connectivity index (χ0v) is 16.2. The molecule has 2 aromatic carbocycles. The highest BCUT2D eigenvalue weighted by Crippen LogP contribution is 2.57. The van der Waals surface area contributed by atoms with E-state index in [1.807, 2.05) is 0 Å². The van der Waals surface area contributed by atoms with Gasteiger partial charge in [0.15, 0.2) is 0 Å². The predicted molar refractivity (Wildman–Crippen MR) is 108 cm³/mol. The summed E-state index contributed by atoms with van der Waals surface area (Å²) in [6.07, 6.45) is 1.68. The minimum atomic E-state index is -0.325. The van der Waals surface area contributed by atoms with Gasteiger partial charge in [-0.05, 0) is 55.2 Å². The molecule has 1 heterocycles. The summed E-state index contributed by atoms with van der Waals surface area (Å²) in [6, 6.07) is 13.7. The number of halogens is 1. The highest BCUT2D eigenvalue weighted by atomic mass is 35.5. The molecule has 2 aliphatic carbocycles. The number of nitrogens with one attached hydrogen (secondary N) is 2. The summed E-state index contributed by atoms with van der Waals surface area (Å²) >= 11 is 6.07. The van der Waals surface area contributed by atoms with Gasteiger partial charge in [-0.1, -0.05) is 23.7 Å². The van der Waals surface area contributed by atoms with Crippen LogP contribution in [0.3, 0.4) is 0 Å². The monoisotopic (exact) mass is 410 g/mol. The highest BCUT2D eigenvalue weighted by Gasteiger charge is 2.63. The van der Waals surface area contributed by atoms with E-state index in [4.69, 9.17) is 16.3 Å². The Balaban J connectivity index is 1.25. The van der Waals surface area contributed by atoms with Gasteiger partial charge in [0.25, 0.3) is 5.91 Å². The van der Waals surface area contributed by atoms with Crippen LogP contribution in [0.2, 0.25) is 5.02 Å². The molecule has 7 heteroatoms. The molecule has 0 aromatic heterocycles. The van der Waals surface area contributed by atoms with Crippen molar-refractivity contribution in [2.75, 3.05) is 10.6 Å². The first-order valence-corrected chi connectivity index (χ1v) is 10.1. The highest BCUT2D eigenvalue weighted by molar-refractivity contribution is 6.33. The summed E-state index contributed by atoms with van der Waals surface area (Å²) in [5.74, 6) is -0.890. The molecule has 0 radical (unpaired) electrons. The van der Waals surface area contributed by atoms with E-state index in [1.54, 1.807) is 48.5 Å². The minimum Gasteiger partial charge on any atom is -0.462 e. The fourth-order valence-corrected chi connectivity index (χ4v) is 5.23. The third-order valence-electron chi connectivity index (χ3n) is 6.32. The summed E-state index contributed by atoms with van der Waals surface area (Å²) in [5, 5.41) is 6.12. The number of ether oxygens (including phenoxy) is 1. The van der Waals surface area contributed by atoms with Crippen LogP contribution >= 0.6 is 11.6 Å². The fraction of sp³-hybridized carbons (Fsp3) is 0.318. The lowest BCUT2D eigenvalue weighted by Gasteiger charge is -2.23. The van der Waals surface area contributed by atoms with Crippen LogP contribution < -0.4 is 10.6 Å². The Morgan fingerprint density at radius 3 is 2.52 bits per heavy atom. The largest absolute Gasteiger partial charge is 0.462 e. The number of rotatable bonds is 4. The normalized spacial score (nSPS) is 28.9. The van der Waals surface area contributed by atoms with Crippen LogP contribution in [0.4, 0.5) is 11.4 Å². The third kappa shape index (κ3) is 3.08. The van der Waals surface area contributed by atoms with Gasteiger partial charge in [-0.25, -0.2) is 0 Å². The molecule has 2 N–H and O–H groups in total. The summed E-state index contributed by atoms with van der Waals surface area (Å²) in [7, 11) is 0. The maximum atomic E-state index is 12.8. The average molecular weight is 411 g/mol. The Bertz CT molecular complexity index is 1000. The van der Waals surface area contributed by atoms with Crippen molar-refractivity contribution in [3.05, 3.63) is 59.1 Å². The number of hydrogen-bond donors (Lipinski definition) is 2. The molecule has 2 bridgehead atoms. The molecule has 5 atom stereocenters.